The third-order valence-corrected chi connectivity index (χ3v) is 5.81. The minimum atomic E-state index is -0.338. The summed E-state index contributed by atoms with van der Waals surface area (Å²) in [7, 11) is 5.41. The molecule has 0 spiro atoms. The lowest BCUT2D eigenvalue weighted by Gasteiger charge is -2.31. The zero-order valence-electron chi connectivity index (χ0n) is 19.1. The zero-order chi connectivity index (χ0) is 22.3. The van der Waals surface area contributed by atoms with E-state index in [9.17, 15) is 4.79 Å². The number of nitrogens with zero attached hydrogens (tertiary/aromatic N) is 4. The van der Waals surface area contributed by atoms with Crippen LogP contribution in [-0.4, -0.2) is 54.6 Å². The van der Waals surface area contributed by atoms with Crippen LogP contribution in [0.1, 0.15) is 50.4 Å². The van der Waals surface area contributed by atoms with Crippen molar-refractivity contribution in [3.05, 3.63) is 35.7 Å². The molecule has 0 unspecified atom stereocenters. The van der Waals surface area contributed by atoms with Crippen molar-refractivity contribution in [1.82, 2.24) is 25.7 Å². The van der Waals surface area contributed by atoms with Gasteiger partial charge in [-0.3, -0.25) is 9.79 Å². The van der Waals surface area contributed by atoms with Crippen LogP contribution in [0.5, 0.6) is 0 Å². The van der Waals surface area contributed by atoms with E-state index in [0.29, 0.717) is 24.9 Å². The molecule has 1 heterocycles. The summed E-state index contributed by atoms with van der Waals surface area (Å²) in [5.74, 6) is 2.16. The molecule has 1 aromatic heterocycles. The van der Waals surface area contributed by atoms with Gasteiger partial charge in [-0.05, 0) is 37.0 Å². The fraction of sp³-hybridized carbons (Fsp3) is 0.565. The highest BCUT2D eigenvalue weighted by Crippen LogP contribution is 2.38. The number of carbonyl (C=O) groups excluding carboxylic acids is 1. The molecule has 2 N–H and O–H groups in total. The molecule has 0 aliphatic heterocycles. The van der Waals surface area contributed by atoms with E-state index in [4.69, 9.17) is 4.52 Å². The lowest BCUT2D eigenvalue weighted by Crippen LogP contribution is -2.49. The molecule has 2 aromatic rings. The number of guanidine groups is 1. The third kappa shape index (κ3) is 5.62. The van der Waals surface area contributed by atoms with Gasteiger partial charge in [0.05, 0.1) is 5.41 Å². The number of rotatable bonds is 8. The van der Waals surface area contributed by atoms with Crippen LogP contribution in [0.15, 0.2) is 33.8 Å². The highest BCUT2D eigenvalue weighted by atomic mass is 16.5. The molecule has 1 fully saturated rings. The van der Waals surface area contributed by atoms with Crippen molar-refractivity contribution in [2.45, 2.75) is 52.0 Å². The lowest BCUT2D eigenvalue weighted by molar-refractivity contribution is -0.138. The van der Waals surface area contributed by atoms with Crippen LogP contribution in [0.3, 0.4) is 0 Å². The maximum Gasteiger partial charge on any atom is 0.257 e. The normalized spacial score (nSPS) is 15.7. The Bertz CT molecular complexity index is 899. The zero-order valence-corrected chi connectivity index (χ0v) is 19.1. The molecule has 0 radical (unpaired) electrons. The molecule has 0 bridgehead atoms. The number of carbonyl (C=O) groups is 1. The van der Waals surface area contributed by atoms with E-state index >= 15 is 0 Å². The molecule has 0 atom stereocenters. The van der Waals surface area contributed by atoms with Gasteiger partial charge in [-0.15, -0.1) is 0 Å². The lowest BCUT2D eigenvalue weighted by atomic mass is 9.84. The molecule has 1 aliphatic rings. The molecule has 1 aromatic carbocycles. The third-order valence-electron chi connectivity index (χ3n) is 5.81. The molecule has 1 amide bonds. The highest BCUT2D eigenvalue weighted by Gasteiger charge is 2.42. The Labute approximate surface area is 184 Å². The first kappa shape index (κ1) is 22.8. The van der Waals surface area contributed by atoms with Gasteiger partial charge in [-0.1, -0.05) is 37.1 Å². The summed E-state index contributed by atoms with van der Waals surface area (Å²) in [6, 6.07) is 8.03. The first-order valence-corrected chi connectivity index (χ1v) is 11.1. The number of hydrogen-bond acceptors (Lipinski definition) is 5. The van der Waals surface area contributed by atoms with Crippen molar-refractivity contribution < 1.29 is 9.32 Å². The Morgan fingerprint density at radius 3 is 2.71 bits per heavy atom. The molecular formula is C23H34N6O2. The van der Waals surface area contributed by atoms with Crippen molar-refractivity contribution >= 4 is 11.9 Å². The number of hydrogen-bond donors (Lipinski definition) is 2. The summed E-state index contributed by atoms with van der Waals surface area (Å²) in [6.45, 7) is 3.28. The standard InChI is InChI=1S/C23H34N6O2/c1-5-9-19-27-20(31-28-19)18-11-8-10-17(14-18)15-25-22(24-2)26-16-23(12-6-7-13-23)21(30)29(3)4/h8,10-11,14H,5-7,9,12-13,15-16H2,1-4H3,(H2,24,25,26). The van der Waals surface area contributed by atoms with E-state index in [2.05, 4.69) is 32.7 Å². The smallest absolute Gasteiger partial charge is 0.257 e. The SMILES string of the molecule is CCCc1noc(-c2cccc(CNC(=NC)NCC3(C(=O)N(C)C)CCCC3)c2)n1. The minimum absolute atomic E-state index is 0.197. The predicted molar refractivity (Wildman–Crippen MR) is 122 cm³/mol. The molecular weight excluding hydrogens is 392 g/mol. The summed E-state index contributed by atoms with van der Waals surface area (Å²) in [6.07, 6.45) is 5.81. The summed E-state index contributed by atoms with van der Waals surface area (Å²) in [5.41, 5.74) is 1.64. The van der Waals surface area contributed by atoms with Crippen molar-refractivity contribution in [3.8, 4) is 11.5 Å². The van der Waals surface area contributed by atoms with Crippen LogP contribution in [0.2, 0.25) is 0 Å². The topological polar surface area (TPSA) is 95.7 Å². The van der Waals surface area contributed by atoms with Gasteiger partial charge in [0.2, 0.25) is 5.91 Å². The largest absolute Gasteiger partial charge is 0.355 e. The van der Waals surface area contributed by atoms with Crippen LogP contribution < -0.4 is 10.6 Å². The van der Waals surface area contributed by atoms with Gasteiger partial charge in [0, 0.05) is 46.2 Å². The quantitative estimate of drug-likeness (QED) is 0.498. The maximum atomic E-state index is 12.8. The second-order valence-corrected chi connectivity index (χ2v) is 8.43. The highest BCUT2D eigenvalue weighted by molar-refractivity contribution is 5.85. The molecule has 3 rings (SSSR count). The molecule has 1 saturated carbocycles. The van der Waals surface area contributed by atoms with E-state index in [1.807, 2.05) is 38.4 Å². The number of aryl methyl sites for hydroxylation is 1. The first-order valence-electron chi connectivity index (χ1n) is 11.1. The molecule has 8 heteroatoms. The van der Waals surface area contributed by atoms with E-state index in [1.165, 1.54) is 0 Å². The van der Waals surface area contributed by atoms with E-state index in [0.717, 1.165) is 55.5 Å². The van der Waals surface area contributed by atoms with Crippen LogP contribution in [0.4, 0.5) is 0 Å². The van der Waals surface area contributed by atoms with Gasteiger partial charge in [-0.2, -0.15) is 4.98 Å². The van der Waals surface area contributed by atoms with Gasteiger partial charge in [-0.25, -0.2) is 0 Å². The average molecular weight is 427 g/mol. The molecule has 168 valence electrons. The molecule has 31 heavy (non-hydrogen) atoms. The Kier molecular flexibility index (Phi) is 7.65. The summed E-state index contributed by atoms with van der Waals surface area (Å²) < 4.78 is 5.40. The van der Waals surface area contributed by atoms with E-state index in [-0.39, 0.29) is 11.3 Å². The first-order chi connectivity index (χ1) is 15.0. The number of amides is 1. The van der Waals surface area contributed by atoms with Crippen molar-refractivity contribution in [2.24, 2.45) is 10.4 Å². The second kappa shape index (κ2) is 10.4. The van der Waals surface area contributed by atoms with Crippen molar-refractivity contribution in [1.29, 1.82) is 0 Å². The Balaban J connectivity index is 1.60. The fourth-order valence-corrected chi connectivity index (χ4v) is 4.16. The van der Waals surface area contributed by atoms with Crippen molar-refractivity contribution in [2.75, 3.05) is 27.7 Å². The van der Waals surface area contributed by atoms with E-state index < -0.39 is 0 Å². The molecule has 8 nitrogen and oxygen atoms in total. The average Bonchev–Trinajstić information content (AvgIpc) is 3.44. The Morgan fingerprint density at radius 1 is 1.26 bits per heavy atom. The predicted octanol–water partition coefficient (Wildman–Crippen LogP) is 3.00. The van der Waals surface area contributed by atoms with Gasteiger partial charge < -0.3 is 20.1 Å². The van der Waals surface area contributed by atoms with Crippen LogP contribution in [0.25, 0.3) is 11.5 Å². The second-order valence-electron chi connectivity index (χ2n) is 8.43. The van der Waals surface area contributed by atoms with Gasteiger partial charge in [0.1, 0.15) is 0 Å². The number of benzene rings is 1. The Hall–Kier alpha value is -2.90. The minimum Gasteiger partial charge on any atom is -0.355 e. The number of nitrogens with one attached hydrogen (secondary N) is 2. The van der Waals surface area contributed by atoms with E-state index in [1.54, 1.807) is 11.9 Å². The van der Waals surface area contributed by atoms with Crippen LogP contribution in [0, 0.1) is 5.41 Å². The summed E-state index contributed by atoms with van der Waals surface area (Å²) in [4.78, 5) is 23.3. The number of aromatic nitrogens is 2. The summed E-state index contributed by atoms with van der Waals surface area (Å²) >= 11 is 0. The number of aliphatic imine (C=N–C) groups is 1. The van der Waals surface area contributed by atoms with Crippen LogP contribution in [-0.2, 0) is 17.8 Å². The molecule has 0 saturated heterocycles. The van der Waals surface area contributed by atoms with Gasteiger partial charge >= 0.3 is 0 Å². The fourth-order valence-electron chi connectivity index (χ4n) is 4.16. The maximum absolute atomic E-state index is 12.8. The summed E-state index contributed by atoms with van der Waals surface area (Å²) in [5, 5.41) is 10.8. The van der Waals surface area contributed by atoms with Crippen LogP contribution >= 0.6 is 0 Å². The monoisotopic (exact) mass is 426 g/mol. The van der Waals surface area contributed by atoms with Crippen molar-refractivity contribution in [3.63, 3.8) is 0 Å². The van der Waals surface area contributed by atoms with Gasteiger partial charge in [0.25, 0.3) is 5.89 Å². The van der Waals surface area contributed by atoms with Gasteiger partial charge in [0.15, 0.2) is 11.8 Å². The molecule has 1 aliphatic carbocycles. The Morgan fingerprint density at radius 2 is 2.03 bits per heavy atom.